The van der Waals surface area contributed by atoms with E-state index in [0.717, 1.165) is 38.7 Å². The van der Waals surface area contributed by atoms with Crippen molar-refractivity contribution in [2.24, 2.45) is 11.7 Å². The molecule has 0 aliphatic heterocycles. The lowest BCUT2D eigenvalue weighted by molar-refractivity contribution is 0.146. The summed E-state index contributed by atoms with van der Waals surface area (Å²) >= 11 is 0. The molecule has 0 aromatic rings. The van der Waals surface area contributed by atoms with E-state index in [0.29, 0.717) is 0 Å². The summed E-state index contributed by atoms with van der Waals surface area (Å²) in [7, 11) is 1.74. The van der Waals surface area contributed by atoms with Gasteiger partial charge in [-0.15, -0.1) is 0 Å². The van der Waals surface area contributed by atoms with Crippen molar-refractivity contribution in [2.45, 2.75) is 20.3 Å². The smallest absolute Gasteiger partial charge is 0.0589 e. The van der Waals surface area contributed by atoms with E-state index < -0.39 is 0 Å². The van der Waals surface area contributed by atoms with E-state index in [9.17, 15) is 0 Å². The van der Waals surface area contributed by atoms with Crippen molar-refractivity contribution in [1.29, 1.82) is 0 Å². The minimum Gasteiger partial charge on any atom is -0.383 e. The van der Waals surface area contributed by atoms with Gasteiger partial charge in [-0.2, -0.15) is 0 Å². The molecule has 80 valence electrons. The molecule has 0 aliphatic carbocycles. The molecule has 3 heteroatoms. The first-order valence-electron chi connectivity index (χ1n) is 5.12. The Morgan fingerprint density at radius 2 is 1.92 bits per heavy atom. The number of hydrogen-bond acceptors (Lipinski definition) is 3. The van der Waals surface area contributed by atoms with Crippen molar-refractivity contribution in [3.8, 4) is 0 Å². The molecule has 0 bridgehead atoms. The van der Waals surface area contributed by atoms with Gasteiger partial charge in [-0.1, -0.05) is 13.8 Å². The lowest BCUT2D eigenvalue weighted by Crippen LogP contribution is -2.33. The van der Waals surface area contributed by atoms with E-state index >= 15 is 0 Å². The van der Waals surface area contributed by atoms with Gasteiger partial charge in [-0.3, -0.25) is 4.90 Å². The fourth-order valence-electron chi connectivity index (χ4n) is 1.18. The van der Waals surface area contributed by atoms with E-state index in [1.165, 1.54) is 6.42 Å². The third-order valence-corrected chi connectivity index (χ3v) is 2.08. The first kappa shape index (κ1) is 12.9. The van der Waals surface area contributed by atoms with Crippen LogP contribution in [-0.4, -0.2) is 44.8 Å². The zero-order valence-corrected chi connectivity index (χ0v) is 9.25. The van der Waals surface area contributed by atoms with Crippen LogP contribution in [-0.2, 0) is 4.74 Å². The molecule has 0 atom stereocenters. The normalized spacial score (nSPS) is 11.5. The Hall–Kier alpha value is -0.120. The topological polar surface area (TPSA) is 38.5 Å². The predicted octanol–water partition coefficient (Wildman–Crippen LogP) is 0.940. The largest absolute Gasteiger partial charge is 0.383 e. The minimum atomic E-state index is 0.738. The maximum atomic E-state index is 5.53. The molecule has 0 saturated carbocycles. The van der Waals surface area contributed by atoms with Crippen molar-refractivity contribution in [1.82, 2.24) is 4.90 Å². The van der Waals surface area contributed by atoms with Crippen LogP contribution in [0.3, 0.4) is 0 Å². The number of rotatable bonds is 8. The fourth-order valence-corrected chi connectivity index (χ4v) is 1.18. The van der Waals surface area contributed by atoms with Crippen LogP contribution in [0.1, 0.15) is 20.3 Å². The lowest BCUT2D eigenvalue weighted by atomic mass is 10.1. The molecule has 0 rings (SSSR count). The highest BCUT2D eigenvalue weighted by Gasteiger charge is 2.04. The summed E-state index contributed by atoms with van der Waals surface area (Å²) in [6.45, 7) is 9.16. The summed E-state index contributed by atoms with van der Waals surface area (Å²) < 4.78 is 5.04. The lowest BCUT2D eigenvalue weighted by Gasteiger charge is -2.21. The summed E-state index contributed by atoms with van der Waals surface area (Å²) in [4.78, 5) is 2.36. The molecule has 13 heavy (non-hydrogen) atoms. The molecule has 0 saturated heterocycles. The van der Waals surface area contributed by atoms with E-state index in [1.54, 1.807) is 7.11 Å². The molecule has 3 nitrogen and oxygen atoms in total. The van der Waals surface area contributed by atoms with Crippen LogP contribution in [0.15, 0.2) is 0 Å². The molecule has 0 spiro atoms. The molecule has 0 amide bonds. The molecule has 0 heterocycles. The van der Waals surface area contributed by atoms with Gasteiger partial charge in [0.05, 0.1) is 6.61 Å². The Kier molecular flexibility index (Phi) is 8.40. The van der Waals surface area contributed by atoms with Gasteiger partial charge in [-0.25, -0.2) is 0 Å². The molecular formula is C10H24N2O. The quantitative estimate of drug-likeness (QED) is 0.616. The average Bonchev–Trinajstić information content (AvgIpc) is 2.09. The Labute approximate surface area is 82.2 Å². The average molecular weight is 188 g/mol. The van der Waals surface area contributed by atoms with Crippen LogP contribution in [0.2, 0.25) is 0 Å². The SMILES string of the molecule is COCCN(CCN)CCC(C)C. The Balaban J connectivity index is 3.53. The standard InChI is InChI=1S/C10H24N2O/c1-10(2)4-6-12(7-5-11)8-9-13-3/h10H,4-9,11H2,1-3H3. The number of ether oxygens (including phenoxy) is 1. The Morgan fingerprint density at radius 1 is 1.23 bits per heavy atom. The molecule has 0 aliphatic rings. The number of hydrogen-bond donors (Lipinski definition) is 1. The molecule has 0 fully saturated rings. The van der Waals surface area contributed by atoms with Gasteiger partial charge >= 0.3 is 0 Å². The molecular weight excluding hydrogens is 164 g/mol. The zero-order chi connectivity index (χ0) is 10.1. The Morgan fingerprint density at radius 3 is 2.38 bits per heavy atom. The van der Waals surface area contributed by atoms with Crippen LogP contribution in [0.4, 0.5) is 0 Å². The molecule has 2 N–H and O–H groups in total. The zero-order valence-electron chi connectivity index (χ0n) is 9.25. The highest BCUT2D eigenvalue weighted by Crippen LogP contribution is 2.01. The predicted molar refractivity (Wildman–Crippen MR) is 56.8 cm³/mol. The maximum Gasteiger partial charge on any atom is 0.0589 e. The monoisotopic (exact) mass is 188 g/mol. The number of methoxy groups -OCH3 is 1. The van der Waals surface area contributed by atoms with E-state index in [-0.39, 0.29) is 0 Å². The van der Waals surface area contributed by atoms with Crippen molar-refractivity contribution in [2.75, 3.05) is 39.9 Å². The highest BCUT2D eigenvalue weighted by molar-refractivity contribution is 4.59. The van der Waals surface area contributed by atoms with Gasteiger partial charge < -0.3 is 10.5 Å². The van der Waals surface area contributed by atoms with Gasteiger partial charge in [-0.05, 0) is 18.9 Å². The number of nitrogens with zero attached hydrogens (tertiary/aromatic N) is 1. The summed E-state index contributed by atoms with van der Waals surface area (Å²) in [5, 5.41) is 0. The maximum absolute atomic E-state index is 5.53. The molecule has 0 radical (unpaired) electrons. The second-order valence-corrected chi connectivity index (χ2v) is 3.81. The third kappa shape index (κ3) is 8.22. The summed E-state index contributed by atoms with van der Waals surface area (Å²) in [6, 6.07) is 0. The molecule has 0 aromatic carbocycles. The molecule has 0 aromatic heterocycles. The van der Waals surface area contributed by atoms with E-state index in [1.807, 2.05) is 0 Å². The van der Waals surface area contributed by atoms with Gasteiger partial charge in [0.1, 0.15) is 0 Å². The van der Waals surface area contributed by atoms with Crippen LogP contribution in [0.25, 0.3) is 0 Å². The van der Waals surface area contributed by atoms with Crippen LogP contribution >= 0.6 is 0 Å². The van der Waals surface area contributed by atoms with Crippen molar-refractivity contribution in [3.05, 3.63) is 0 Å². The van der Waals surface area contributed by atoms with Gasteiger partial charge in [0.25, 0.3) is 0 Å². The van der Waals surface area contributed by atoms with Crippen LogP contribution in [0, 0.1) is 5.92 Å². The van der Waals surface area contributed by atoms with Crippen molar-refractivity contribution >= 4 is 0 Å². The Bertz CT molecular complexity index is 107. The van der Waals surface area contributed by atoms with Gasteiger partial charge in [0, 0.05) is 26.7 Å². The third-order valence-electron chi connectivity index (χ3n) is 2.08. The second kappa shape index (κ2) is 8.48. The summed E-state index contributed by atoms with van der Waals surface area (Å²) in [5.41, 5.74) is 5.53. The first-order valence-corrected chi connectivity index (χ1v) is 5.12. The van der Waals surface area contributed by atoms with Crippen LogP contribution < -0.4 is 5.73 Å². The van der Waals surface area contributed by atoms with Crippen molar-refractivity contribution < 1.29 is 4.74 Å². The first-order chi connectivity index (χ1) is 6.20. The van der Waals surface area contributed by atoms with Gasteiger partial charge in [0.15, 0.2) is 0 Å². The number of nitrogens with two attached hydrogens (primary N) is 1. The minimum absolute atomic E-state index is 0.738. The van der Waals surface area contributed by atoms with E-state index in [2.05, 4.69) is 18.7 Å². The fraction of sp³-hybridized carbons (Fsp3) is 1.00. The van der Waals surface area contributed by atoms with Crippen molar-refractivity contribution in [3.63, 3.8) is 0 Å². The van der Waals surface area contributed by atoms with Gasteiger partial charge in [0.2, 0.25) is 0 Å². The summed E-state index contributed by atoms with van der Waals surface area (Å²) in [6.07, 6.45) is 1.24. The summed E-state index contributed by atoms with van der Waals surface area (Å²) in [5.74, 6) is 0.766. The highest BCUT2D eigenvalue weighted by atomic mass is 16.5. The van der Waals surface area contributed by atoms with Crippen LogP contribution in [0.5, 0.6) is 0 Å². The van der Waals surface area contributed by atoms with E-state index in [4.69, 9.17) is 10.5 Å². The second-order valence-electron chi connectivity index (χ2n) is 3.81. The molecule has 0 unspecified atom stereocenters.